The van der Waals surface area contributed by atoms with Crippen molar-refractivity contribution < 1.29 is 4.74 Å². The summed E-state index contributed by atoms with van der Waals surface area (Å²) in [5.41, 5.74) is 3.66. The van der Waals surface area contributed by atoms with E-state index in [1.54, 1.807) is 0 Å². The maximum absolute atomic E-state index is 6.04. The van der Waals surface area contributed by atoms with Crippen molar-refractivity contribution in [3.05, 3.63) is 126 Å². The fraction of sp³-hybridized carbons (Fsp3) is 0.242. The molecule has 4 aromatic carbocycles. The van der Waals surface area contributed by atoms with Gasteiger partial charge in [-0.3, -0.25) is 4.99 Å². The van der Waals surface area contributed by atoms with Crippen LogP contribution in [-0.4, -0.2) is 25.0 Å². The number of benzene rings is 4. The molecule has 188 valence electrons. The topological polar surface area (TPSA) is 33.6 Å². The molecular formula is C33H35N2OP. The first-order valence-electron chi connectivity index (χ1n) is 13.1. The summed E-state index contributed by atoms with van der Waals surface area (Å²) in [4.78, 5) is 5.17. The van der Waals surface area contributed by atoms with E-state index >= 15 is 0 Å². The summed E-state index contributed by atoms with van der Waals surface area (Å²) >= 11 is 0. The first-order valence-corrected chi connectivity index (χ1v) is 14.5. The summed E-state index contributed by atoms with van der Waals surface area (Å²) in [5, 5.41) is 8.01. The zero-order valence-electron chi connectivity index (χ0n) is 21.6. The molecule has 0 aromatic heterocycles. The number of nitrogens with zero attached hydrogens (tertiary/aromatic N) is 1. The van der Waals surface area contributed by atoms with Gasteiger partial charge in [0.15, 0.2) is 0 Å². The van der Waals surface area contributed by atoms with Crippen molar-refractivity contribution in [1.82, 2.24) is 5.32 Å². The highest BCUT2D eigenvalue weighted by molar-refractivity contribution is 7.79. The predicted molar refractivity (Wildman–Crippen MR) is 158 cm³/mol. The van der Waals surface area contributed by atoms with E-state index in [4.69, 9.17) is 9.73 Å². The van der Waals surface area contributed by atoms with Gasteiger partial charge in [0.05, 0.1) is 31.0 Å². The lowest BCUT2D eigenvalue weighted by atomic mass is 9.97. The van der Waals surface area contributed by atoms with Crippen molar-refractivity contribution in [2.75, 3.05) is 13.2 Å². The molecule has 1 aliphatic rings. The smallest absolute Gasteiger partial charge is 0.0983 e. The van der Waals surface area contributed by atoms with Crippen LogP contribution >= 0.6 is 7.92 Å². The van der Waals surface area contributed by atoms with E-state index in [2.05, 4.69) is 128 Å². The van der Waals surface area contributed by atoms with Gasteiger partial charge in [0, 0.05) is 6.54 Å². The number of rotatable bonds is 9. The average Bonchev–Trinajstić information content (AvgIpc) is 2.96. The van der Waals surface area contributed by atoms with Gasteiger partial charge in [-0.25, -0.2) is 0 Å². The number of ether oxygens (including phenoxy) is 1. The second-order valence-corrected chi connectivity index (χ2v) is 12.0. The summed E-state index contributed by atoms with van der Waals surface area (Å²) in [7, 11) is -0.660. The highest BCUT2D eigenvalue weighted by Crippen LogP contribution is 2.34. The molecule has 0 bridgehead atoms. The molecule has 1 N–H and O–H groups in total. The second kappa shape index (κ2) is 12.4. The minimum Gasteiger partial charge on any atom is -0.373 e. The van der Waals surface area contributed by atoms with Gasteiger partial charge < -0.3 is 10.1 Å². The zero-order chi connectivity index (χ0) is 25.5. The number of nitrogens with one attached hydrogen (secondary N) is 1. The molecule has 0 unspecified atom stereocenters. The van der Waals surface area contributed by atoms with Gasteiger partial charge in [-0.15, -0.1) is 0 Å². The van der Waals surface area contributed by atoms with Crippen LogP contribution in [0.1, 0.15) is 31.0 Å². The largest absolute Gasteiger partial charge is 0.373 e. The molecule has 2 atom stereocenters. The van der Waals surface area contributed by atoms with E-state index in [1.807, 2.05) is 6.07 Å². The maximum atomic E-state index is 6.04. The van der Waals surface area contributed by atoms with Crippen LogP contribution in [0, 0.1) is 5.92 Å². The van der Waals surface area contributed by atoms with Gasteiger partial charge in [0.2, 0.25) is 0 Å². The molecule has 0 saturated carbocycles. The van der Waals surface area contributed by atoms with Gasteiger partial charge in [0.25, 0.3) is 0 Å². The number of hydrogen-bond donors (Lipinski definition) is 1. The molecule has 5 rings (SSSR count). The lowest BCUT2D eigenvalue weighted by molar-refractivity contribution is 0.140. The Morgan fingerprint density at radius 3 is 1.97 bits per heavy atom. The van der Waals surface area contributed by atoms with E-state index in [0.717, 1.165) is 12.3 Å². The Morgan fingerprint density at radius 2 is 1.35 bits per heavy atom. The molecule has 4 aromatic rings. The van der Waals surface area contributed by atoms with Gasteiger partial charge in [-0.05, 0) is 40.9 Å². The molecule has 0 spiro atoms. The Balaban J connectivity index is 1.43. The summed E-state index contributed by atoms with van der Waals surface area (Å²) in [5.74, 6) is 0.397. The highest BCUT2D eigenvalue weighted by Gasteiger charge is 2.26. The first-order chi connectivity index (χ1) is 18.2. The van der Waals surface area contributed by atoms with Crippen molar-refractivity contribution in [1.29, 1.82) is 0 Å². The molecule has 0 radical (unpaired) electrons. The number of hydrogen-bond acceptors (Lipinski definition) is 3. The van der Waals surface area contributed by atoms with Crippen molar-refractivity contribution in [3.63, 3.8) is 0 Å². The van der Waals surface area contributed by atoms with E-state index in [1.165, 1.54) is 27.0 Å². The molecule has 37 heavy (non-hydrogen) atoms. The lowest BCUT2D eigenvalue weighted by Gasteiger charge is -2.30. The normalized spacial score (nSPS) is 16.5. The van der Waals surface area contributed by atoms with E-state index in [0.29, 0.717) is 19.1 Å². The molecule has 1 aliphatic heterocycles. The fourth-order valence-corrected chi connectivity index (χ4v) is 7.45. The Hall–Kier alpha value is -3.10. The Labute approximate surface area is 222 Å². The Kier molecular flexibility index (Phi) is 8.58. The predicted octanol–water partition coefficient (Wildman–Crippen LogP) is 5.77. The second-order valence-electron chi connectivity index (χ2n) is 9.80. The number of aliphatic imine (C=N–C) groups is 1. The highest BCUT2D eigenvalue weighted by atomic mass is 31.1. The van der Waals surface area contributed by atoms with Crippen LogP contribution in [0.15, 0.2) is 120 Å². The third-order valence-electron chi connectivity index (χ3n) is 6.83. The van der Waals surface area contributed by atoms with Gasteiger partial charge in [-0.1, -0.05) is 129 Å². The Morgan fingerprint density at radius 1 is 0.784 bits per heavy atom. The molecule has 0 fully saturated rings. The molecular weight excluding hydrogens is 471 g/mol. The van der Waals surface area contributed by atoms with Crippen LogP contribution in [0.4, 0.5) is 0 Å². The van der Waals surface area contributed by atoms with Crippen LogP contribution in [0.25, 0.3) is 0 Å². The monoisotopic (exact) mass is 506 g/mol. The lowest BCUT2D eigenvalue weighted by Crippen LogP contribution is -2.45. The molecule has 0 saturated heterocycles. The van der Waals surface area contributed by atoms with Crippen molar-refractivity contribution >= 4 is 29.5 Å². The fourth-order valence-electron chi connectivity index (χ4n) is 4.98. The molecule has 4 heteroatoms. The molecule has 1 heterocycles. The summed E-state index contributed by atoms with van der Waals surface area (Å²) in [6.07, 6.45) is 0. The standard InChI is InChI=1S/C33H35N2OP/c1-25(2)33(31-24-36-23-30(35-31)26-14-6-3-7-15-26)34-22-27-16-12-13-21-32(27)37(28-17-8-4-9-18-28)29-19-10-5-11-20-29/h3-21,25,30,33-34H,22-24H2,1-2H3/t30-,33-/m0/s1. The van der Waals surface area contributed by atoms with Crippen LogP contribution in [0.3, 0.4) is 0 Å². The van der Waals surface area contributed by atoms with E-state index in [9.17, 15) is 0 Å². The molecule has 3 nitrogen and oxygen atoms in total. The van der Waals surface area contributed by atoms with Crippen molar-refractivity contribution in [3.8, 4) is 0 Å². The summed E-state index contributed by atoms with van der Waals surface area (Å²) in [6.45, 7) is 6.53. The minimum atomic E-state index is -0.660. The zero-order valence-corrected chi connectivity index (χ0v) is 22.5. The minimum absolute atomic E-state index is 0.0595. The van der Waals surface area contributed by atoms with Gasteiger partial charge in [-0.2, -0.15) is 0 Å². The third-order valence-corrected chi connectivity index (χ3v) is 9.38. The van der Waals surface area contributed by atoms with Crippen LogP contribution in [0.5, 0.6) is 0 Å². The average molecular weight is 507 g/mol. The van der Waals surface area contributed by atoms with Crippen molar-refractivity contribution in [2.45, 2.75) is 32.5 Å². The van der Waals surface area contributed by atoms with Crippen LogP contribution < -0.4 is 21.2 Å². The SMILES string of the molecule is CC(C)[C@H](NCc1ccccc1P(c1ccccc1)c1ccccc1)C1=N[C@H](c2ccccc2)COC1. The van der Waals surface area contributed by atoms with Crippen LogP contribution in [0.2, 0.25) is 0 Å². The summed E-state index contributed by atoms with van der Waals surface area (Å²) in [6, 6.07) is 41.4. The summed E-state index contributed by atoms with van der Waals surface area (Å²) < 4.78 is 6.04. The van der Waals surface area contributed by atoms with Gasteiger partial charge >= 0.3 is 0 Å². The Bertz CT molecular complexity index is 1250. The van der Waals surface area contributed by atoms with Crippen LogP contribution in [-0.2, 0) is 11.3 Å². The molecule has 0 aliphatic carbocycles. The van der Waals surface area contributed by atoms with E-state index in [-0.39, 0.29) is 12.1 Å². The van der Waals surface area contributed by atoms with Crippen molar-refractivity contribution in [2.24, 2.45) is 10.9 Å². The quantitative estimate of drug-likeness (QED) is 0.292. The molecule has 0 amide bonds. The van der Waals surface area contributed by atoms with E-state index < -0.39 is 7.92 Å². The maximum Gasteiger partial charge on any atom is 0.0983 e. The third kappa shape index (κ3) is 6.25. The first kappa shape index (κ1) is 25.5. The van der Waals surface area contributed by atoms with Gasteiger partial charge in [0.1, 0.15) is 0 Å².